The van der Waals surface area contributed by atoms with Crippen LogP contribution in [0.3, 0.4) is 0 Å². The first-order valence-corrected chi connectivity index (χ1v) is 9.43. The van der Waals surface area contributed by atoms with Crippen LogP contribution in [0.2, 0.25) is 0 Å². The van der Waals surface area contributed by atoms with Crippen LogP contribution in [0.5, 0.6) is 0 Å². The standard InChI is InChI=1S/C21H21FN4O2/c22-16-9-3-2-8-15(16)14-23-20(27)19-24-18(17-10-4-7-13-26(17)19)21(28)25-11-5-1-6-12-25/h2-4,7-10,13H,1,5-6,11-12,14H2,(H,23,27). The van der Waals surface area contributed by atoms with Crippen molar-refractivity contribution >= 4 is 17.3 Å². The molecule has 0 bridgehead atoms. The number of imidazole rings is 1. The smallest absolute Gasteiger partial charge is 0.287 e. The Bertz CT molecular complexity index is 1020. The van der Waals surface area contributed by atoms with Crippen molar-refractivity contribution in [3.05, 3.63) is 71.6 Å². The number of rotatable bonds is 4. The van der Waals surface area contributed by atoms with Crippen LogP contribution in [0.1, 0.15) is 45.9 Å². The second kappa shape index (κ2) is 7.80. The lowest BCUT2D eigenvalue weighted by Gasteiger charge is -2.25. The number of halogens is 1. The van der Waals surface area contributed by atoms with Gasteiger partial charge in [0.05, 0.1) is 5.52 Å². The summed E-state index contributed by atoms with van der Waals surface area (Å²) in [6.45, 7) is 1.46. The molecular weight excluding hydrogens is 359 g/mol. The van der Waals surface area contributed by atoms with E-state index in [-0.39, 0.29) is 29.8 Å². The quantitative estimate of drug-likeness (QED) is 0.757. The molecule has 0 unspecified atom stereocenters. The third-order valence-corrected chi connectivity index (χ3v) is 4.99. The Morgan fingerprint density at radius 2 is 1.79 bits per heavy atom. The number of nitrogens with one attached hydrogen (secondary N) is 1. The van der Waals surface area contributed by atoms with Crippen molar-refractivity contribution in [2.24, 2.45) is 0 Å². The molecule has 1 aromatic carbocycles. The SMILES string of the molecule is O=C(NCc1ccccc1F)c1nc(C(=O)N2CCCCC2)c2ccccn12. The zero-order valence-corrected chi connectivity index (χ0v) is 15.4. The maximum Gasteiger partial charge on any atom is 0.287 e. The molecule has 1 fully saturated rings. The van der Waals surface area contributed by atoms with Gasteiger partial charge in [-0.05, 0) is 37.5 Å². The number of pyridine rings is 1. The van der Waals surface area contributed by atoms with Crippen molar-refractivity contribution in [3.8, 4) is 0 Å². The van der Waals surface area contributed by atoms with Crippen LogP contribution in [-0.2, 0) is 6.54 Å². The summed E-state index contributed by atoms with van der Waals surface area (Å²) in [5, 5.41) is 2.69. The van der Waals surface area contributed by atoms with Gasteiger partial charge in [0.25, 0.3) is 11.8 Å². The van der Waals surface area contributed by atoms with E-state index in [1.54, 1.807) is 45.8 Å². The fraction of sp³-hybridized carbons (Fsp3) is 0.286. The van der Waals surface area contributed by atoms with Crippen LogP contribution in [0.4, 0.5) is 4.39 Å². The zero-order valence-electron chi connectivity index (χ0n) is 15.4. The lowest BCUT2D eigenvalue weighted by atomic mass is 10.1. The molecule has 1 N–H and O–H groups in total. The minimum absolute atomic E-state index is 0.0443. The van der Waals surface area contributed by atoms with Crippen molar-refractivity contribution in [2.45, 2.75) is 25.8 Å². The average molecular weight is 380 g/mol. The largest absolute Gasteiger partial charge is 0.345 e. The number of aromatic nitrogens is 2. The van der Waals surface area contributed by atoms with E-state index in [9.17, 15) is 14.0 Å². The predicted molar refractivity (Wildman–Crippen MR) is 103 cm³/mol. The number of likely N-dealkylation sites (tertiary alicyclic amines) is 1. The highest BCUT2D eigenvalue weighted by Gasteiger charge is 2.26. The van der Waals surface area contributed by atoms with Gasteiger partial charge in [-0.1, -0.05) is 24.3 Å². The summed E-state index contributed by atoms with van der Waals surface area (Å²) in [5.74, 6) is -0.872. The van der Waals surface area contributed by atoms with Gasteiger partial charge in [0, 0.05) is 31.4 Å². The number of hydrogen-bond acceptors (Lipinski definition) is 3. The van der Waals surface area contributed by atoms with E-state index in [1.165, 1.54) is 6.07 Å². The first-order chi connectivity index (χ1) is 13.6. The molecule has 0 radical (unpaired) electrons. The summed E-state index contributed by atoms with van der Waals surface area (Å²) in [7, 11) is 0. The second-order valence-electron chi connectivity index (χ2n) is 6.87. The Morgan fingerprint density at radius 3 is 2.57 bits per heavy atom. The summed E-state index contributed by atoms with van der Waals surface area (Å²) in [6, 6.07) is 11.6. The van der Waals surface area contributed by atoms with E-state index < -0.39 is 5.91 Å². The van der Waals surface area contributed by atoms with Crippen LogP contribution < -0.4 is 5.32 Å². The molecule has 1 saturated heterocycles. The lowest BCUT2D eigenvalue weighted by Crippen LogP contribution is -2.36. The predicted octanol–water partition coefficient (Wildman–Crippen LogP) is 3.03. The number of hydrogen-bond donors (Lipinski definition) is 1. The summed E-state index contributed by atoms with van der Waals surface area (Å²) in [6.07, 6.45) is 4.78. The molecule has 28 heavy (non-hydrogen) atoms. The average Bonchev–Trinajstić information content (AvgIpc) is 3.13. The summed E-state index contributed by atoms with van der Waals surface area (Å²) >= 11 is 0. The van der Waals surface area contributed by atoms with Crippen molar-refractivity contribution < 1.29 is 14.0 Å². The molecule has 4 rings (SSSR count). The number of carbonyl (C=O) groups is 2. The van der Waals surface area contributed by atoms with Gasteiger partial charge in [0.15, 0.2) is 5.69 Å². The monoisotopic (exact) mass is 380 g/mol. The Kier molecular flexibility index (Phi) is 5.06. The van der Waals surface area contributed by atoms with Gasteiger partial charge in [-0.2, -0.15) is 0 Å². The molecule has 2 aromatic heterocycles. The molecule has 7 heteroatoms. The van der Waals surface area contributed by atoms with E-state index in [0.29, 0.717) is 24.2 Å². The molecule has 6 nitrogen and oxygen atoms in total. The van der Waals surface area contributed by atoms with Crippen LogP contribution >= 0.6 is 0 Å². The van der Waals surface area contributed by atoms with E-state index in [4.69, 9.17) is 0 Å². The first kappa shape index (κ1) is 18.2. The number of nitrogens with zero attached hydrogens (tertiary/aromatic N) is 3. The number of piperidine rings is 1. The maximum atomic E-state index is 13.8. The molecule has 0 spiro atoms. The first-order valence-electron chi connectivity index (χ1n) is 9.43. The zero-order chi connectivity index (χ0) is 19.5. The number of carbonyl (C=O) groups excluding carboxylic acids is 2. The van der Waals surface area contributed by atoms with Gasteiger partial charge in [-0.25, -0.2) is 9.37 Å². The van der Waals surface area contributed by atoms with Crippen LogP contribution in [0.15, 0.2) is 48.7 Å². The number of amides is 2. The molecular formula is C21H21FN4O2. The van der Waals surface area contributed by atoms with Gasteiger partial charge >= 0.3 is 0 Å². The third-order valence-electron chi connectivity index (χ3n) is 4.99. The lowest BCUT2D eigenvalue weighted by molar-refractivity contribution is 0.0721. The minimum Gasteiger partial charge on any atom is -0.345 e. The fourth-order valence-corrected chi connectivity index (χ4v) is 3.50. The molecule has 144 valence electrons. The van der Waals surface area contributed by atoms with Gasteiger partial charge in [-0.15, -0.1) is 0 Å². The van der Waals surface area contributed by atoms with Crippen LogP contribution in [0, 0.1) is 5.82 Å². The molecule has 3 aromatic rings. The van der Waals surface area contributed by atoms with E-state index in [0.717, 1.165) is 19.3 Å². The highest BCUT2D eigenvalue weighted by Crippen LogP contribution is 2.18. The van der Waals surface area contributed by atoms with E-state index in [2.05, 4.69) is 10.3 Å². The number of benzene rings is 1. The van der Waals surface area contributed by atoms with Gasteiger partial charge in [0.2, 0.25) is 5.82 Å². The highest BCUT2D eigenvalue weighted by molar-refractivity contribution is 6.02. The molecule has 1 aliphatic rings. The Morgan fingerprint density at radius 1 is 1.04 bits per heavy atom. The summed E-state index contributed by atoms with van der Waals surface area (Å²) in [4.78, 5) is 31.8. The summed E-state index contributed by atoms with van der Waals surface area (Å²) < 4.78 is 15.4. The second-order valence-corrected chi connectivity index (χ2v) is 6.87. The van der Waals surface area contributed by atoms with Crippen molar-refractivity contribution in [3.63, 3.8) is 0 Å². The van der Waals surface area contributed by atoms with Crippen LogP contribution in [-0.4, -0.2) is 39.2 Å². The highest BCUT2D eigenvalue weighted by atomic mass is 19.1. The molecule has 1 aliphatic heterocycles. The van der Waals surface area contributed by atoms with Crippen molar-refractivity contribution in [2.75, 3.05) is 13.1 Å². The topological polar surface area (TPSA) is 66.7 Å². The summed E-state index contributed by atoms with van der Waals surface area (Å²) in [5.41, 5.74) is 1.26. The molecule has 0 atom stereocenters. The maximum absolute atomic E-state index is 13.8. The molecule has 2 amide bonds. The third kappa shape index (κ3) is 3.47. The number of fused-ring (bicyclic) bond motifs is 1. The Balaban J connectivity index is 1.61. The van der Waals surface area contributed by atoms with Crippen molar-refractivity contribution in [1.82, 2.24) is 19.6 Å². The molecule has 3 heterocycles. The Labute approximate surface area is 162 Å². The van der Waals surface area contributed by atoms with Crippen LogP contribution in [0.25, 0.3) is 5.52 Å². The van der Waals surface area contributed by atoms with Gasteiger partial charge < -0.3 is 10.2 Å². The molecule has 0 saturated carbocycles. The van der Waals surface area contributed by atoms with Gasteiger partial charge in [-0.3, -0.25) is 14.0 Å². The molecule has 0 aliphatic carbocycles. The minimum atomic E-state index is -0.456. The van der Waals surface area contributed by atoms with E-state index in [1.807, 2.05) is 6.07 Å². The van der Waals surface area contributed by atoms with E-state index >= 15 is 0 Å². The van der Waals surface area contributed by atoms with Gasteiger partial charge in [0.1, 0.15) is 5.82 Å². The Hall–Kier alpha value is -3.22. The normalized spacial score (nSPS) is 14.2. The fourth-order valence-electron chi connectivity index (χ4n) is 3.50. The van der Waals surface area contributed by atoms with Crippen molar-refractivity contribution in [1.29, 1.82) is 0 Å².